The number of aryl methyl sites for hydroxylation is 1. The van der Waals surface area contributed by atoms with Crippen molar-refractivity contribution < 1.29 is 18.3 Å². The van der Waals surface area contributed by atoms with Crippen molar-refractivity contribution in [3.63, 3.8) is 0 Å². The van der Waals surface area contributed by atoms with Crippen molar-refractivity contribution in [1.29, 1.82) is 0 Å². The second kappa shape index (κ2) is 5.41. The normalized spacial score (nSPS) is 11.1. The van der Waals surface area contributed by atoms with Crippen LogP contribution in [-0.4, -0.2) is 24.5 Å². The molecule has 0 unspecified atom stereocenters. The van der Waals surface area contributed by atoms with Crippen LogP contribution in [0.2, 0.25) is 0 Å². The minimum Gasteiger partial charge on any atom is -0.478 e. The smallest absolute Gasteiger partial charge is 0.335 e. The molecule has 21 heavy (non-hydrogen) atoms. The van der Waals surface area contributed by atoms with Crippen LogP contribution in [0.5, 0.6) is 0 Å². The van der Waals surface area contributed by atoms with E-state index in [-0.39, 0.29) is 11.3 Å². The van der Waals surface area contributed by atoms with E-state index in [1.165, 1.54) is 24.4 Å². The molecule has 1 aromatic heterocycles. The third kappa shape index (κ3) is 3.11. The molecule has 1 heterocycles. The summed E-state index contributed by atoms with van der Waals surface area (Å²) in [5.74, 6) is -1.10. The predicted molar refractivity (Wildman–Crippen MR) is 76.0 cm³/mol. The van der Waals surface area contributed by atoms with Crippen LogP contribution in [0.4, 0.5) is 5.69 Å². The molecule has 3 N–H and O–H groups in total. The molecule has 0 radical (unpaired) electrons. The minimum absolute atomic E-state index is 0.0491. The molecule has 0 saturated carbocycles. The van der Waals surface area contributed by atoms with Gasteiger partial charge in [0, 0.05) is 18.5 Å². The van der Waals surface area contributed by atoms with Crippen molar-refractivity contribution in [2.45, 2.75) is 11.8 Å². The average Bonchev–Trinajstić information content (AvgIpc) is 2.41. The fraction of sp³-hybridized carbons (Fsp3) is 0.0769. The topological polar surface area (TPSA) is 116 Å². The lowest BCUT2D eigenvalue weighted by Gasteiger charge is -2.10. The van der Waals surface area contributed by atoms with E-state index < -0.39 is 26.3 Å². The first kappa shape index (κ1) is 14.8. The fourth-order valence-corrected chi connectivity index (χ4v) is 2.91. The second-order valence-corrected chi connectivity index (χ2v) is 5.96. The van der Waals surface area contributed by atoms with Gasteiger partial charge in [0.1, 0.15) is 0 Å². The van der Waals surface area contributed by atoms with Crippen LogP contribution in [0.3, 0.4) is 0 Å². The second-order valence-electron chi connectivity index (χ2n) is 4.31. The molecule has 2 rings (SSSR count). The molecule has 1 aromatic carbocycles. The van der Waals surface area contributed by atoms with Gasteiger partial charge in [-0.05, 0) is 30.7 Å². The molecule has 7 nitrogen and oxygen atoms in total. The number of hydrogen-bond donors (Lipinski definition) is 3. The summed E-state index contributed by atoms with van der Waals surface area (Å²) < 4.78 is 26.6. The van der Waals surface area contributed by atoms with Gasteiger partial charge in [-0.2, -0.15) is 0 Å². The molecule has 110 valence electrons. The average molecular weight is 308 g/mol. The minimum atomic E-state index is -4.04. The predicted octanol–water partition coefficient (Wildman–Crippen LogP) is 1.18. The van der Waals surface area contributed by atoms with Crippen molar-refractivity contribution in [3.05, 3.63) is 58.0 Å². The monoisotopic (exact) mass is 308 g/mol. The highest BCUT2D eigenvalue weighted by atomic mass is 32.2. The molecule has 2 aromatic rings. The molecule has 8 heteroatoms. The zero-order valence-electron chi connectivity index (χ0n) is 11.0. The fourth-order valence-electron chi connectivity index (χ4n) is 1.72. The molecule has 0 aliphatic rings. The van der Waals surface area contributed by atoms with Crippen LogP contribution in [-0.2, 0) is 10.0 Å². The molecule has 0 amide bonds. The van der Waals surface area contributed by atoms with Gasteiger partial charge in [0.25, 0.3) is 10.0 Å². The first-order valence-electron chi connectivity index (χ1n) is 5.85. The van der Waals surface area contributed by atoms with Crippen molar-refractivity contribution in [3.8, 4) is 0 Å². The summed E-state index contributed by atoms with van der Waals surface area (Å²) in [5.41, 5.74) is 0.0585. The molecular weight excluding hydrogens is 296 g/mol. The Labute approximate surface area is 120 Å². The summed E-state index contributed by atoms with van der Waals surface area (Å²) in [6, 6.07) is 5.07. The molecule has 0 spiro atoms. The number of aromatic carboxylic acids is 1. The van der Waals surface area contributed by atoms with Crippen LogP contribution in [0.15, 0.2) is 46.3 Å². The van der Waals surface area contributed by atoms with E-state index in [0.717, 1.165) is 12.3 Å². The van der Waals surface area contributed by atoms with Gasteiger partial charge in [-0.3, -0.25) is 9.52 Å². The number of rotatable bonds is 4. The van der Waals surface area contributed by atoms with Crippen LogP contribution in [0.25, 0.3) is 0 Å². The lowest BCUT2D eigenvalue weighted by molar-refractivity contribution is 0.0697. The summed E-state index contributed by atoms with van der Waals surface area (Å²) in [4.78, 5) is 24.5. The van der Waals surface area contributed by atoms with Crippen LogP contribution in [0.1, 0.15) is 15.9 Å². The zero-order valence-corrected chi connectivity index (χ0v) is 11.8. The number of benzene rings is 1. The Morgan fingerprint density at radius 3 is 2.57 bits per heavy atom. The quantitative estimate of drug-likeness (QED) is 0.784. The van der Waals surface area contributed by atoms with Gasteiger partial charge in [-0.25, -0.2) is 13.2 Å². The van der Waals surface area contributed by atoms with Gasteiger partial charge in [0.2, 0.25) is 5.43 Å². The maximum absolute atomic E-state index is 12.1. The number of carboxylic acid groups (broad SMARTS) is 1. The highest BCUT2D eigenvalue weighted by Crippen LogP contribution is 2.19. The third-order valence-corrected chi connectivity index (χ3v) is 4.18. The summed E-state index contributed by atoms with van der Waals surface area (Å²) in [6.07, 6.45) is 2.42. The summed E-state index contributed by atoms with van der Waals surface area (Å²) in [6.45, 7) is 1.57. The van der Waals surface area contributed by atoms with E-state index in [1.54, 1.807) is 6.92 Å². The van der Waals surface area contributed by atoms with E-state index >= 15 is 0 Å². The maximum atomic E-state index is 12.1. The van der Waals surface area contributed by atoms with Crippen molar-refractivity contribution in [2.75, 3.05) is 4.72 Å². The van der Waals surface area contributed by atoms with Crippen LogP contribution >= 0.6 is 0 Å². The Morgan fingerprint density at radius 2 is 2.00 bits per heavy atom. The zero-order chi connectivity index (χ0) is 15.6. The number of anilines is 1. The number of sulfonamides is 1. The Bertz CT molecular complexity index is 855. The van der Waals surface area contributed by atoms with Crippen molar-refractivity contribution >= 4 is 21.7 Å². The molecule has 0 aliphatic heterocycles. The largest absolute Gasteiger partial charge is 0.478 e. The van der Waals surface area contributed by atoms with Gasteiger partial charge < -0.3 is 10.1 Å². The number of aromatic amines is 1. The summed E-state index contributed by atoms with van der Waals surface area (Å²) in [5, 5.41) is 8.86. The van der Waals surface area contributed by atoms with Crippen LogP contribution in [0, 0.1) is 6.92 Å². The Morgan fingerprint density at radius 1 is 1.29 bits per heavy atom. The number of hydrogen-bond acceptors (Lipinski definition) is 4. The number of carboxylic acids is 1. The van der Waals surface area contributed by atoms with Gasteiger partial charge in [-0.15, -0.1) is 0 Å². The van der Waals surface area contributed by atoms with Crippen LogP contribution < -0.4 is 10.2 Å². The molecule has 0 atom stereocenters. The number of nitrogens with one attached hydrogen (secondary N) is 2. The SMILES string of the molecule is Cc1cc(C(=O)O)ccc1NS(=O)(=O)c1c[nH]ccc1=O. The van der Waals surface area contributed by atoms with Gasteiger partial charge in [0.05, 0.1) is 11.3 Å². The van der Waals surface area contributed by atoms with Crippen molar-refractivity contribution in [2.24, 2.45) is 0 Å². The Kier molecular flexibility index (Phi) is 3.81. The van der Waals surface area contributed by atoms with Gasteiger partial charge in [-0.1, -0.05) is 0 Å². The maximum Gasteiger partial charge on any atom is 0.335 e. The molecular formula is C13H12N2O5S. The Hall–Kier alpha value is -2.61. The first-order chi connectivity index (χ1) is 9.81. The van der Waals surface area contributed by atoms with E-state index in [2.05, 4.69) is 9.71 Å². The summed E-state index contributed by atoms with van der Waals surface area (Å²) >= 11 is 0. The highest BCUT2D eigenvalue weighted by Gasteiger charge is 2.19. The standard InChI is InChI=1S/C13H12N2O5S/c1-8-6-9(13(17)18)2-3-10(8)15-21(19,20)12-7-14-5-4-11(12)16/h2-7,15H,1H3,(H,14,16)(H,17,18). The lowest BCUT2D eigenvalue weighted by atomic mass is 10.1. The van der Waals surface area contributed by atoms with E-state index in [9.17, 15) is 18.0 Å². The molecule has 0 fully saturated rings. The Balaban J connectivity index is 2.40. The van der Waals surface area contributed by atoms with E-state index in [1.807, 2.05) is 0 Å². The highest BCUT2D eigenvalue weighted by molar-refractivity contribution is 7.92. The molecule has 0 bridgehead atoms. The van der Waals surface area contributed by atoms with Gasteiger partial charge >= 0.3 is 5.97 Å². The first-order valence-corrected chi connectivity index (χ1v) is 7.33. The lowest BCUT2D eigenvalue weighted by Crippen LogP contribution is -2.21. The van der Waals surface area contributed by atoms with E-state index in [0.29, 0.717) is 5.56 Å². The number of H-pyrrole nitrogens is 1. The number of pyridine rings is 1. The van der Waals surface area contributed by atoms with Crippen molar-refractivity contribution in [1.82, 2.24) is 4.98 Å². The van der Waals surface area contributed by atoms with Gasteiger partial charge in [0.15, 0.2) is 4.90 Å². The molecule has 0 aliphatic carbocycles. The molecule has 0 saturated heterocycles. The third-order valence-electron chi connectivity index (χ3n) is 2.80. The number of aromatic nitrogens is 1. The number of carbonyl (C=O) groups is 1. The summed E-state index contributed by atoms with van der Waals surface area (Å²) in [7, 11) is -4.04. The van der Waals surface area contributed by atoms with E-state index in [4.69, 9.17) is 5.11 Å².